The summed E-state index contributed by atoms with van der Waals surface area (Å²) in [4.78, 5) is 13.3. The van der Waals surface area contributed by atoms with Crippen LogP contribution in [0.25, 0.3) is 0 Å². The Balaban J connectivity index is 1.99. The molecule has 0 saturated carbocycles. The first-order valence-electron chi connectivity index (χ1n) is 7.61. The Morgan fingerprint density at radius 1 is 1.52 bits per heavy atom. The highest BCUT2D eigenvalue weighted by atomic mass is 19.1. The molecule has 5 heteroatoms. The second kappa shape index (κ2) is 7.52. The Hall–Kier alpha value is -1.46. The van der Waals surface area contributed by atoms with Crippen LogP contribution < -0.4 is 11.1 Å². The summed E-state index contributed by atoms with van der Waals surface area (Å²) >= 11 is 0. The van der Waals surface area contributed by atoms with Gasteiger partial charge in [-0.05, 0) is 50.5 Å². The second-order valence-electron chi connectivity index (χ2n) is 5.71. The van der Waals surface area contributed by atoms with E-state index in [4.69, 9.17) is 5.73 Å². The average molecular weight is 293 g/mol. The fourth-order valence-electron chi connectivity index (χ4n) is 2.82. The number of rotatable bonds is 6. The van der Waals surface area contributed by atoms with Crippen LogP contribution in [0.15, 0.2) is 18.2 Å². The number of nitrogens with zero attached hydrogens (tertiary/aromatic N) is 1. The van der Waals surface area contributed by atoms with E-state index in [1.54, 1.807) is 12.1 Å². The van der Waals surface area contributed by atoms with Crippen LogP contribution in [0.4, 0.5) is 4.39 Å². The van der Waals surface area contributed by atoms with Crippen LogP contribution >= 0.6 is 0 Å². The lowest BCUT2D eigenvalue weighted by Crippen LogP contribution is -2.38. The summed E-state index contributed by atoms with van der Waals surface area (Å²) in [5, 5.41) is 3.41. The summed E-state index contributed by atoms with van der Waals surface area (Å²) in [6.07, 6.45) is 2.44. The summed E-state index contributed by atoms with van der Waals surface area (Å²) in [6.45, 7) is 6.66. The monoisotopic (exact) mass is 293 g/mol. The van der Waals surface area contributed by atoms with Crippen molar-refractivity contribution in [1.82, 2.24) is 10.2 Å². The molecule has 0 aliphatic carbocycles. The number of piperidine rings is 1. The SMILES string of the molecule is CCN(Cc1ccc(C(N)=O)cc1F)CC1CCCNC1. The standard InChI is InChI=1S/C16H24FN3O/c1-2-20(10-12-4-3-7-19-9-12)11-14-6-5-13(16(18)21)8-15(14)17/h5-6,8,12,19H,2-4,7,9-11H2,1H3,(H2,18,21). The Kier molecular flexibility index (Phi) is 5.70. The number of halogens is 1. The highest BCUT2D eigenvalue weighted by Gasteiger charge is 2.17. The molecular weight excluding hydrogens is 269 g/mol. The van der Waals surface area contributed by atoms with Gasteiger partial charge in [0.2, 0.25) is 5.91 Å². The first-order valence-corrected chi connectivity index (χ1v) is 7.61. The molecule has 2 rings (SSSR count). The number of benzene rings is 1. The molecule has 4 nitrogen and oxygen atoms in total. The molecule has 0 aromatic heterocycles. The minimum absolute atomic E-state index is 0.218. The molecule has 0 radical (unpaired) electrons. The van der Waals surface area contributed by atoms with Gasteiger partial charge in [0.05, 0.1) is 0 Å². The molecule has 1 fully saturated rings. The molecule has 1 atom stereocenters. The van der Waals surface area contributed by atoms with Crippen LogP contribution in [0.1, 0.15) is 35.7 Å². The molecule has 1 amide bonds. The van der Waals surface area contributed by atoms with Gasteiger partial charge in [0.1, 0.15) is 5.82 Å². The van der Waals surface area contributed by atoms with E-state index in [2.05, 4.69) is 17.1 Å². The predicted molar refractivity (Wildman–Crippen MR) is 81.5 cm³/mol. The number of primary amides is 1. The van der Waals surface area contributed by atoms with Crippen molar-refractivity contribution in [3.05, 3.63) is 35.1 Å². The lowest BCUT2D eigenvalue weighted by molar-refractivity contribution is 0.1000. The zero-order valence-electron chi connectivity index (χ0n) is 12.6. The molecule has 1 aliphatic heterocycles. The molecule has 0 bridgehead atoms. The lowest BCUT2D eigenvalue weighted by Gasteiger charge is -2.29. The van der Waals surface area contributed by atoms with Gasteiger partial charge in [0, 0.05) is 24.2 Å². The average Bonchev–Trinajstić information content (AvgIpc) is 2.49. The summed E-state index contributed by atoms with van der Waals surface area (Å²) < 4.78 is 14.0. The van der Waals surface area contributed by atoms with Crippen LogP contribution in [0.3, 0.4) is 0 Å². The number of nitrogens with two attached hydrogens (primary N) is 1. The Morgan fingerprint density at radius 2 is 2.33 bits per heavy atom. The van der Waals surface area contributed by atoms with Crippen molar-refractivity contribution in [2.75, 3.05) is 26.2 Å². The molecular formula is C16H24FN3O. The smallest absolute Gasteiger partial charge is 0.248 e. The number of nitrogens with one attached hydrogen (secondary N) is 1. The van der Waals surface area contributed by atoms with Crippen LogP contribution in [0.5, 0.6) is 0 Å². The van der Waals surface area contributed by atoms with E-state index in [1.165, 1.54) is 18.9 Å². The minimum Gasteiger partial charge on any atom is -0.366 e. The van der Waals surface area contributed by atoms with Crippen molar-refractivity contribution >= 4 is 5.91 Å². The predicted octanol–water partition coefficient (Wildman–Crippen LogP) is 1.75. The summed E-state index contributed by atoms with van der Waals surface area (Å²) in [5.74, 6) is -0.320. The van der Waals surface area contributed by atoms with E-state index in [1.807, 2.05) is 0 Å². The largest absolute Gasteiger partial charge is 0.366 e. The highest BCUT2D eigenvalue weighted by Crippen LogP contribution is 2.16. The number of carbonyl (C=O) groups excluding carboxylic acids is 1. The van der Waals surface area contributed by atoms with E-state index in [0.717, 1.165) is 26.2 Å². The van der Waals surface area contributed by atoms with Crippen molar-refractivity contribution < 1.29 is 9.18 Å². The highest BCUT2D eigenvalue weighted by molar-refractivity contribution is 5.92. The van der Waals surface area contributed by atoms with Gasteiger partial charge in [-0.3, -0.25) is 9.69 Å². The molecule has 21 heavy (non-hydrogen) atoms. The molecule has 1 aliphatic rings. The third-order valence-electron chi connectivity index (χ3n) is 4.09. The molecule has 0 spiro atoms. The summed E-state index contributed by atoms with van der Waals surface area (Å²) in [5.41, 5.74) is 6.00. The van der Waals surface area contributed by atoms with E-state index in [0.29, 0.717) is 18.0 Å². The van der Waals surface area contributed by atoms with Crippen molar-refractivity contribution in [2.45, 2.75) is 26.3 Å². The zero-order chi connectivity index (χ0) is 15.2. The fourth-order valence-corrected chi connectivity index (χ4v) is 2.82. The van der Waals surface area contributed by atoms with E-state index < -0.39 is 5.91 Å². The first-order chi connectivity index (χ1) is 10.1. The van der Waals surface area contributed by atoms with Crippen molar-refractivity contribution in [2.24, 2.45) is 11.7 Å². The zero-order valence-corrected chi connectivity index (χ0v) is 12.6. The molecule has 1 aromatic rings. The molecule has 1 saturated heterocycles. The third kappa shape index (κ3) is 4.51. The van der Waals surface area contributed by atoms with Crippen molar-refractivity contribution in [1.29, 1.82) is 0 Å². The number of hydrogen-bond acceptors (Lipinski definition) is 3. The first kappa shape index (κ1) is 15.9. The topological polar surface area (TPSA) is 58.4 Å². The van der Waals surface area contributed by atoms with E-state index in [-0.39, 0.29) is 11.4 Å². The Bertz CT molecular complexity index is 486. The Labute approximate surface area is 125 Å². The van der Waals surface area contributed by atoms with Gasteiger partial charge in [0.15, 0.2) is 0 Å². The van der Waals surface area contributed by atoms with E-state index >= 15 is 0 Å². The second-order valence-corrected chi connectivity index (χ2v) is 5.71. The van der Waals surface area contributed by atoms with Gasteiger partial charge in [-0.15, -0.1) is 0 Å². The minimum atomic E-state index is -0.596. The molecule has 1 heterocycles. The summed E-state index contributed by atoms with van der Waals surface area (Å²) in [6, 6.07) is 4.49. The quantitative estimate of drug-likeness (QED) is 0.840. The lowest BCUT2D eigenvalue weighted by atomic mass is 9.98. The van der Waals surface area contributed by atoms with Gasteiger partial charge >= 0.3 is 0 Å². The number of hydrogen-bond donors (Lipinski definition) is 2. The fraction of sp³-hybridized carbons (Fsp3) is 0.562. The molecule has 1 aromatic carbocycles. The van der Waals surface area contributed by atoms with Crippen molar-refractivity contribution in [3.8, 4) is 0 Å². The normalized spacial score (nSPS) is 18.9. The third-order valence-corrected chi connectivity index (χ3v) is 4.09. The molecule has 3 N–H and O–H groups in total. The van der Waals surface area contributed by atoms with E-state index in [9.17, 15) is 9.18 Å². The summed E-state index contributed by atoms with van der Waals surface area (Å²) in [7, 11) is 0. The van der Waals surface area contributed by atoms with Gasteiger partial charge in [-0.1, -0.05) is 13.0 Å². The maximum absolute atomic E-state index is 14.0. The number of amides is 1. The van der Waals surface area contributed by atoms with Crippen LogP contribution in [0.2, 0.25) is 0 Å². The van der Waals surface area contributed by atoms with Gasteiger partial charge in [-0.2, -0.15) is 0 Å². The van der Waals surface area contributed by atoms with Crippen LogP contribution in [-0.2, 0) is 6.54 Å². The Morgan fingerprint density at radius 3 is 2.90 bits per heavy atom. The van der Waals surface area contributed by atoms with Gasteiger partial charge in [-0.25, -0.2) is 4.39 Å². The van der Waals surface area contributed by atoms with Gasteiger partial charge < -0.3 is 11.1 Å². The molecule has 116 valence electrons. The van der Waals surface area contributed by atoms with Crippen LogP contribution in [-0.4, -0.2) is 37.0 Å². The number of carbonyl (C=O) groups is 1. The van der Waals surface area contributed by atoms with Gasteiger partial charge in [0.25, 0.3) is 0 Å². The maximum Gasteiger partial charge on any atom is 0.248 e. The van der Waals surface area contributed by atoms with Crippen molar-refractivity contribution in [3.63, 3.8) is 0 Å². The molecule has 1 unspecified atom stereocenters. The maximum atomic E-state index is 14.0. The van der Waals surface area contributed by atoms with Crippen LogP contribution in [0, 0.1) is 11.7 Å².